The third-order valence-electron chi connectivity index (χ3n) is 4.31. The van der Waals surface area contributed by atoms with Crippen molar-refractivity contribution in [3.63, 3.8) is 0 Å². The molecule has 0 aromatic heterocycles. The monoisotopic (exact) mass is 352 g/mol. The van der Waals surface area contributed by atoms with Crippen LogP contribution in [0, 0.1) is 18.0 Å². The molecule has 0 bridgehead atoms. The van der Waals surface area contributed by atoms with Gasteiger partial charge in [-0.1, -0.05) is 79.2 Å². The van der Waals surface area contributed by atoms with Gasteiger partial charge in [0.1, 0.15) is 0 Å². The summed E-state index contributed by atoms with van der Waals surface area (Å²) < 4.78 is 0.662. The second-order valence-electron chi connectivity index (χ2n) is 6.65. The Kier molecular flexibility index (Phi) is 6.28. The Bertz CT molecular complexity index is 822. The number of benzene rings is 2. The summed E-state index contributed by atoms with van der Waals surface area (Å²) in [5.74, 6) is -0.504. The molecule has 2 aromatic carbocycles. The Hall–Kier alpha value is -2.95. The highest BCUT2D eigenvalue weighted by Gasteiger charge is 2.32. The second kappa shape index (κ2) is 8.43. The maximum atomic E-state index is 13.0. The summed E-state index contributed by atoms with van der Waals surface area (Å²) in [5.41, 5.74) is 2.44. The molecule has 0 spiro atoms. The van der Waals surface area contributed by atoms with Gasteiger partial charge < -0.3 is 10.4 Å². The Morgan fingerprint density at radius 1 is 1.04 bits per heavy atom. The zero-order chi connectivity index (χ0) is 19.3. The number of carbonyl (C=O) groups excluding carboxylic acids is 1. The lowest BCUT2D eigenvalue weighted by molar-refractivity contribution is -0.488. The van der Waals surface area contributed by atoms with Crippen LogP contribution in [-0.2, 0) is 0 Å². The Morgan fingerprint density at radius 2 is 1.62 bits per heavy atom. The minimum atomic E-state index is -0.781. The summed E-state index contributed by atoms with van der Waals surface area (Å²) in [4.78, 5) is 12.7. The fraction of sp³-hybridized carbons (Fsp3) is 0.286. The molecule has 0 saturated heterocycles. The van der Waals surface area contributed by atoms with Crippen LogP contribution >= 0.6 is 0 Å². The highest BCUT2D eigenvalue weighted by Crippen LogP contribution is 2.16. The maximum absolute atomic E-state index is 13.0. The predicted molar refractivity (Wildman–Crippen MR) is 103 cm³/mol. The number of carbonyl (C=O) groups is 1. The molecule has 2 aromatic rings. The number of oxime groups is 1. The highest BCUT2D eigenvalue weighted by molar-refractivity contribution is 6.43. The van der Waals surface area contributed by atoms with Gasteiger partial charge in [0.05, 0.1) is 0 Å². The van der Waals surface area contributed by atoms with Crippen molar-refractivity contribution in [1.82, 2.24) is 0 Å². The summed E-state index contributed by atoms with van der Waals surface area (Å²) in [6.45, 7) is 7.15. The maximum Gasteiger partial charge on any atom is 0.252 e. The minimum Gasteiger partial charge on any atom is -0.623 e. The van der Waals surface area contributed by atoms with Crippen LogP contribution in [0.2, 0.25) is 0 Å². The van der Waals surface area contributed by atoms with Gasteiger partial charge >= 0.3 is 0 Å². The van der Waals surface area contributed by atoms with Crippen molar-refractivity contribution in [2.45, 2.75) is 33.7 Å². The van der Waals surface area contributed by atoms with Gasteiger partial charge in [0.15, 0.2) is 5.71 Å². The predicted octanol–water partition coefficient (Wildman–Crippen LogP) is 4.05. The lowest BCUT2D eigenvalue weighted by Gasteiger charge is -2.22. The molecule has 0 fully saturated rings. The number of Topliss-reactive ketones (excluding diaryl/α,β-unsaturated/α-hetero) is 1. The van der Waals surface area contributed by atoms with E-state index in [0.29, 0.717) is 15.9 Å². The largest absolute Gasteiger partial charge is 0.623 e. The van der Waals surface area contributed by atoms with Gasteiger partial charge in [0, 0.05) is 24.0 Å². The third-order valence-corrected chi connectivity index (χ3v) is 4.31. The number of aryl methyl sites for hydroxylation is 1. The fourth-order valence-electron chi connectivity index (χ4n) is 2.82. The molecular weight excluding hydrogens is 328 g/mol. The first kappa shape index (κ1) is 19.4. The lowest BCUT2D eigenvalue weighted by atomic mass is 9.94. The molecule has 1 N–H and O–H groups in total. The summed E-state index contributed by atoms with van der Waals surface area (Å²) in [6, 6.07) is 15.3. The number of hydrogen-bond acceptors (Lipinski definition) is 4. The van der Waals surface area contributed by atoms with E-state index in [1.54, 1.807) is 36.4 Å². The first-order valence-corrected chi connectivity index (χ1v) is 8.55. The van der Waals surface area contributed by atoms with E-state index in [1.807, 2.05) is 39.0 Å². The van der Waals surface area contributed by atoms with Gasteiger partial charge in [0.2, 0.25) is 11.8 Å². The molecule has 2 rings (SSSR count). The second-order valence-corrected chi connectivity index (χ2v) is 6.65. The van der Waals surface area contributed by atoms with E-state index in [0.717, 1.165) is 5.56 Å². The number of nitrogens with zero attached hydrogens (tertiary/aromatic N) is 2. The van der Waals surface area contributed by atoms with Crippen molar-refractivity contribution in [2.24, 2.45) is 11.1 Å². The normalized spacial score (nSPS) is 14.1. The summed E-state index contributed by atoms with van der Waals surface area (Å²) >= 11 is 0. The van der Waals surface area contributed by atoms with E-state index in [2.05, 4.69) is 5.16 Å². The van der Waals surface area contributed by atoms with Crippen LogP contribution in [0.15, 0.2) is 59.8 Å². The molecule has 1 atom stereocenters. The summed E-state index contributed by atoms with van der Waals surface area (Å²) in [7, 11) is 0. The van der Waals surface area contributed by atoms with Crippen molar-refractivity contribution in [1.29, 1.82) is 0 Å². The van der Waals surface area contributed by atoms with Crippen molar-refractivity contribution < 1.29 is 14.7 Å². The summed E-state index contributed by atoms with van der Waals surface area (Å²) in [5, 5.41) is 25.9. The standard InChI is InChI=1S/C21H24N2O3/c1-14(2)20(19(22-25)17-8-6-5-7-9-17)23(26)16(4)21(24)18-12-10-15(3)11-13-18/h5-14,20,25H,1-4H3/b22-19+,23-16-. The average Bonchev–Trinajstić information content (AvgIpc) is 2.65. The van der Waals surface area contributed by atoms with Crippen LogP contribution < -0.4 is 0 Å². The number of ketones is 1. The van der Waals surface area contributed by atoms with Crippen LogP contribution in [-0.4, -0.2) is 33.2 Å². The molecule has 136 valence electrons. The lowest BCUT2D eigenvalue weighted by Crippen LogP contribution is -2.40. The van der Waals surface area contributed by atoms with Crippen molar-refractivity contribution in [3.8, 4) is 0 Å². The van der Waals surface area contributed by atoms with E-state index in [4.69, 9.17) is 0 Å². The molecule has 5 heteroatoms. The number of hydrogen-bond donors (Lipinski definition) is 1. The van der Waals surface area contributed by atoms with Crippen LogP contribution in [0.1, 0.15) is 42.3 Å². The molecule has 0 heterocycles. The van der Waals surface area contributed by atoms with E-state index in [-0.39, 0.29) is 23.1 Å². The highest BCUT2D eigenvalue weighted by atomic mass is 16.5. The fourth-order valence-corrected chi connectivity index (χ4v) is 2.82. The Morgan fingerprint density at radius 3 is 2.12 bits per heavy atom. The van der Waals surface area contributed by atoms with Gasteiger partial charge in [-0.2, -0.15) is 4.74 Å². The molecular formula is C21H24N2O3. The van der Waals surface area contributed by atoms with Crippen molar-refractivity contribution >= 4 is 17.2 Å². The van der Waals surface area contributed by atoms with Crippen LogP contribution in [0.3, 0.4) is 0 Å². The summed E-state index contributed by atoms with van der Waals surface area (Å²) in [6.07, 6.45) is 0. The molecule has 26 heavy (non-hydrogen) atoms. The zero-order valence-electron chi connectivity index (χ0n) is 15.5. The van der Waals surface area contributed by atoms with Crippen molar-refractivity contribution in [3.05, 3.63) is 76.5 Å². The van der Waals surface area contributed by atoms with E-state index >= 15 is 0 Å². The van der Waals surface area contributed by atoms with Gasteiger partial charge in [-0.15, -0.1) is 0 Å². The van der Waals surface area contributed by atoms with E-state index in [9.17, 15) is 15.2 Å². The first-order chi connectivity index (χ1) is 12.4. The smallest absolute Gasteiger partial charge is 0.252 e. The third kappa shape index (κ3) is 4.17. The van der Waals surface area contributed by atoms with Gasteiger partial charge in [0.25, 0.3) is 5.78 Å². The molecule has 0 aliphatic rings. The molecule has 0 aliphatic heterocycles. The zero-order valence-corrected chi connectivity index (χ0v) is 15.5. The molecule has 0 saturated carbocycles. The Balaban J connectivity index is 2.46. The van der Waals surface area contributed by atoms with Crippen LogP contribution in [0.5, 0.6) is 0 Å². The Labute approximate surface area is 153 Å². The van der Waals surface area contributed by atoms with Gasteiger partial charge in [-0.25, -0.2) is 0 Å². The first-order valence-electron chi connectivity index (χ1n) is 8.55. The minimum absolute atomic E-state index is 0.0598. The van der Waals surface area contributed by atoms with E-state index < -0.39 is 6.04 Å². The molecule has 1 unspecified atom stereocenters. The quantitative estimate of drug-likeness (QED) is 0.213. The SMILES string of the molecule is C/C(C(=O)c1ccc(C)cc1)=[N+](/[O-])C(/C(=N/O)c1ccccc1)C(C)C. The molecule has 0 aliphatic carbocycles. The average molecular weight is 352 g/mol. The van der Waals surface area contributed by atoms with Crippen LogP contribution in [0.4, 0.5) is 0 Å². The molecule has 5 nitrogen and oxygen atoms in total. The number of rotatable bonds is 6. The van der Waals surface area contributed by atoms with Crippen LogP contribution in [0.25, 0.3) is 0 Å². The van der Waals surface area contributed by atoms with E-state index in [1.165, 1.54) is 6.92 Å². The van der Waals surface area contributed by atoms with Gasteiger partial charge in [-0.3, -0.25) is 4.79 Å². The molecule has 0 amide bonds. The topological polar surface area (TPSA) is 75.7 Å². The molecule has 0 radical (unpaired) electrons. The van der Waals surface area contributed by atoms with Gasteiger partial charge in [-0.05, 0) is 6.92 Å². The van der Waals surface area contributed by atoms with Crippen molar-refractivity contribution in [2.75, 3.05) is 0 Å². The number of hydroxylamine groups is 1.